The van der Waals surface area contributed by atoms with Gasteiger partial charge in [-0.2, -0.15) is 0 Å². The lowest BCUT2D eigenvalue weighted by molar-refractivity contribution is -0.0178. The number of rotatable bonds is 8. The summed E-state index contributed by atoms with van der Waals surface area (Å²) < 4.78 is 11.1. The summed E-state index contributed by atoms with van der Waals surface area (Å²) in [7, 11) is 0. The molecule has 0 saturated heterocycles. The first kappa shape index (κ1) is 13.9. The highest BCUT2D eigenvalue weighted by Gasteiger charge is 2.31. The zero-order valence-electron chi connectivity index (χ0n) is 11.2. The van der Waals surface area contributed by atoms with Gasteiger partial charge in [0, 0.05) is 25.3 Å². The van der Waals surface area contributed by atoms with E-state index >= 15 is 0 Å². The molecule has 1 rings (SSSR count). The lowest BCUT2D eigenvalue weighted by Crippen LogP contribution is -2.52. The van der Waals surface area contributed by atoms with Gasteiger partial charge >= 0.3 is 0 Å². The third kappa shape index (κ3) is 4.40. The van der Waals surface area contributed by atoms with Crippen molar-refractivity contribution < 1.29 is 9.47 Å². The fourth-order valence-electron chi connectivity index (χ4n) is 2.05. The maximum Gasteiger partial charge on any atom is 0.0622 e. The molecule has 16 heavy (non-hydrogen) atoms. The molecule has 0 spiro atoms. The van der Waals surface area contributed by atoms with Crippen molar-refractivity contribution in [1.29, 1.82) is 0 Å². The number of nitrogens with one attached hydrogen (secondary N) is 1. The Labute approximate surface area is 99.9 Å². The third-order valence-electron chi connectivity index (χ3n) is 3.25. The summed E-state index contributed by atoms with van der Waals surface area (Å²) in [6, 6.07) is 1.11. The molecule has 1 unspecified atom stereocenters. The molecule has 1 aliphatic carbocycles. The molecule has 0 aliphatic heterocycles. The van der Waals surface area contributed by atoms with Crippen LogP contribution in [0.25, 0.3) is 0 Å². The van der Waals surface area contributed by atoms with Crippen molar-refractivity contribution >= 4 is 0 Å². The van der Waals surface area contributed by atoms with E-state index in [4.69, 9.17) is 9.47 Å². The van der Waals surface area contributed by atoms with Crippen molar-refractivity contribution in [2.24, 2.45) is 5.92 Å². The predicted molar refractivity (Wildman–Crippen MR) is 66.7 cm³/mol. The summed E-state index contributed by atoms with van der Waals surface area (Å²) in [6.07, 6.45) is 2.80. The van der Waals surface area contributed by atoms with E-state index in [1.807, 2.05) is 6.92 Å². The largest absolute Gasteiger partial charge is 0.380 e. The van der Waals surface area contributed by atoms with Crippen LogP contribution in [0.5, 0.6) is 0 Å². The lowest BCUT2D eigenvalue weighted by atomic mass is 9.87. The molecule has 1 aliphatic rings. The zero-order chi connectivity index (χ0) is 12.0. The van der Waals surface area contributed by atoms with E-state index in [0.717, 1.165) is 32.7 Å². The highest BCUT2D eigenvalue weighted by molar-refractivity contribution is 4.89. The Morgan fingerprint density at radius 2 is 1.88 bits per heavy atom. The van der Waals surface area contributed by atoms with E-state index in [-0.39, 0.29) is 0 Å². The molecule has 0 radical (unpaired) electrons. The van der Waals surface area contributed by atoms with Crippen molar-refractivity contribution in [3.63, 3.8) is 0 Å². The van der Waals surface area contributed by atoms with Crippen molar-refractivity contribution in [2.45, 2.75) is 58.7 Å². The molecule has 1 saturated carbocycles. The highest BCUT2D eigenvalue weighted by Crippen LogP contribution is 2.24. The Hall–Kier alpha value is -0.120. The first-order valence-electron chi connectivity index (χ1n) is 6.62. The second-order valence-electron chi connectivity index (χ2n) is 4.92. The Bertz CT molecular complexity index is 179. The molecule has 1 atom stereocenters. The number of hydrogen-bond donors (Lipinski definition) is 1. The summed E-state index contributed by atoms with van der Waals surface area (Å²) in [4.78, 5) is 0. The molecular formula is C13H27NO2. The maximum atomic E-state index is 5.56. The fraction of sp³-hybridized carbons (Fsp3) is 1.00. The summed E-state index contributed by atoms with van der Waals surface area (Å²) in [5.41, 5.74) is 0. The van der Waals surface area contributed by atoms with Crippen LogP contribution >= 0.6 is 0 Å². The Kier molecular flexibility index (Phi) is 6.32. The Balaban J connectivity index is 2.18. The Morgan fingerprint density at radius 3 is 2.38 bits per heavy atom. The molecule has 0 aromatic heterocycles. The number of hydrogen-bond acceptors (Lipinski definition) is 3. The van der Waals surface area contributed by atoms with E-state index in [2.05, 4.69) is 26.1 Å². The van der Waals surface area contributed by atoms with Crippen molar-refractivity contribution in [1.82, 2.24) is 5.32 Å². The zero-order valence-corrected chi connectivity index (χ0v) is 11.2. The molecule has 0 bridgehead atoms. The molecule has 0 amide bonds. The normalized spacial score (nSPS) is 26.8. The van der Waals surface area contributed by atoms with Crippen LogP contribution in [0, 0.1) is 5.92 Å². The maximum absolute atomic E-state index is 5.56. The van der Waals surface area contributed by atoms with Gasteiger partial charge in [-0.1, -0.05) is 13.8 Å². The molecule has 0 heterocycles. The first-order valence-corrected chi connectivity index (χ1v) is 6.62. The van der Waals surface area contributed by atoms with E-state index in [9.17, 15) is 0 Å². The summed E-state index contributed by atoms with van der Waals surface area (Å²) >= 11 is 0. The summed E-state index contributed by atoms with van der Waals surface area (Å²) in [5.74, 6) is 0.623. The monoisotopic (exact) mass is 229 g/mol. The van der Waals surface area contributed by atoms with Gasteiger partial charge in [-0.25, -0.2) is 0 Å². The van der Waals surface area contributed by atoms with E-state index in [1.165, 1.54) is 0 Å². The molecule has 96 valence electrons. The SMILES string of the molecule is CCOCC(NC1CC(OCC)C1)C(C)C. The lowest BCUT2D eigenvalue weighted by Gasteiger charge is -2.39. The second kappa shape index (κ2) is 7.25. The quantitative estimate of drug-likeness (QED) is 0.692. The molecule has 1 fully saturated rings. The minimum Gasteiger partial charge on any atom is -0.380 e. The van der Waals surface area contributed by atoms with Gasteiger partial charge < -0.3 is 14.8 Å². The van der Waals surface area contributed by atoms with Crippen LogP contribution < -0.4 is 5.32 Å². The van der Waals surface area contributed by atoms with Crippen LogP contribution in [0.2, 0.25) is 0 Å². The first-order chi connectivity index (χ1) is 7.67. The molecule has 3 heteroatoms. The summed E-state index contributed by atoms with van der Waals surface area (Å²) in [5, 5.41) is 3.67. The van der Waals surface area contributed by atoms with E-state index < -0.39 is 0 Å². The van der Waals surface area contributed by atoms with Gasteiger partial charge in [-0.3, -0.25) is 0 Å². The predicted octanol–water partition coefficient (Wildman–Crippen LogP) is 2.20. The van der Waals surface area contributed by atoms with Crippen molar-refractivity contribution in [3.05, 3.63) is 0 Å². The highest BCUT2D eigenvalue weighted by atomic mass is 16.5. The standard InChI is InChI=1S/C13H27NO2/c1-5-15-9-13(10(3)4)14-11-7-12(8-11)16-6-2/h10-14H,5-9H2,1-4H3. The van der Waals surface area contributed by atoms with Gasteiger partial charge in [0.15, 0.2) is 0 Å². The van der Waals surface area contributed by atoms with Gasteiger partial charge in [-0.15, -0.1) is 0 Å². The third-order valence-corrected chi connectivity index (χ3v) is 3.25. The van der Waals surface area contributed by atoms with Gasteiger partial charge in [0.1, 0.15) is 0 Å². The average Bonchev–Trinajstić information content (AvgIpc) is 2.19. The van der Waals surface area contributed by atoms with Gasteiger partial charge in [-0.05, 0) is 32.6 Å². The van der Waals surface area contributed by atoms with Crippen LogP contribution in [0.1, 0.15) is 40.5 Å². The van der Waals surface area contributed by atoms with Crippen LogP contribution in [0.3, 0.4) is 0 Å². The second-order valence-corrected chi connectivity index (χ2v) is 4.92. The fourth-order valence-corrected chi connectivity index (χ4v) is 2.05. The molecular weight excluding hydrogens is 202 g/mol. The smallest absolute Gasteiger partial charge is 0.0622 e. The minimum absolute atomic E-state index is 0.479. The Morgan fingerprint density at radius 1 is 1.19 bits per heavy atom. The molecule has 0 aromatic rings. The van der Waals surface area contributed by atoms with Gasteiger partial charge in [0.05, 0.1) is 12.7 Å². The molecule has 3 nitrogen and oxygen atoms in total. The summed E-state index contributed by atoms with van der Waals surface area (Å²) in [6.45, 7) is 11.1. The van der Waals surface area contributed by atoms with E-state index in [0.29, 0.717) is 24.1 Å². The minimum atomic E-state index is 0.479. The van der Waals surface area contributed by atoms with Crippen LogP contribution in [0.4, 0.5) is 0 Å². The average molecular weight is 229 g/mol. The van der Waals surface area contributed by atoms with Gasteiger partial charge in [0.25, 0.3) is 0 Å². The van der Waals surface area contributed by atoms with Crippen molar-refractivity contribution in [2.75, 3.05) is 19.8 Å². The van der Waals surface area contributed by atoms with Crippen LogP contribution in [-0.4, -0.2) is 38.0 Å². The van der Waals surface area contributed by atoms with Crippen LogP contribution in [0.15, 0.2) is 0 Å². The molecule has 1 N–H and O–H groups in total. The van der Waals surface area contributed by atoms with Gasteiger partial charge in [0.2, 0.25) is 0 Å². The topological polar surface area (TPSA) is 30.5 Å². The van der Waals surface area contributed by atoms with Crippen molar-refractivity contribution in [3.8, 4) is 0 Å². The molecule has 0 aromatic carbocycles. The van der Waals surface area contributed by atoms with E-state index in [1.54, 1.807) is 0 Å². The number of ether oxygens (including phenoxy) is 2. The van der Waals surface area contributed by atoms with Crippen LogP contribution in [-0.2, 0) is 9.47 Å².